The summed E-state index contributed by atoms with van der Waals surface area (Å²) in [6.07, 6.45) is 0.824. The molecule has 1 aliphatic heterocycles. The number of oxazole rings is 1. The molecule has 0 unspecified atom stereocenters. The first kappa shape index (κ1) is 17.5. The molecule has 0 atom stereocenters. The Hall–Kier alpha value is -3.61. The SMILES string of the molecule is O=C(c1cc(-c2ccccc2)no1)N1CCCN(c2nc3ccccc3o2)CC1. The van der Waals surface area contributed by atoms with Crippen molar-refractivity contribution in [2.75, 3.05) is 31.1 Å². The van der Waals surface area contributed by atoms with Gasteiger partial charge < -0.3 is 18.7 Å². The summed E-state index contributed by atoms with van der Waals surface area (Å²) in [5, 5.41) is 4.05. The Kier molecular flexibility index (Phi) is 4.48. The van der Waals surface area contributed by atoms with E-state index in [1.165, 1.54) is 0 Å². The Morgan fingerprint density at radius 3 is 2.62 bits per heavy atom. The minimum absolute atomic E-state index is 0.140. The molecular formula is C22H20N4O3. The summed E-state index contributed by atoms with van der Waals surface area (Å²) in [6.45, 7) is 2.65. The molecule has 0 aliphatic carbocycles. The van der Waals surface area contributed by atoms with E-state index < -0.39 is 0 Å². The molecular weight excluding hydrogens is 368 g/mol. The van der Waals surface area contributed by atoms with Crippen LogP contribution in [0.2, 0.25) is 0 Å². The summed E-state index contributed by atoms with van der Waals surface area (Å²) < 4.78 is 11.2. The van der Waals surface area contributed by atoms with E-state index in [1.807, 2.05) is 54.6 Å². The van der Waals surface area contributed by atoms with Crippen LogP contribution < -0.4 is 4.90 Å². The number of amides is 1. The van der Waals surface area contributed by atoms with Crippen molar-refractivity contribution >= 4 is 23.0 Å². The highest BCUT2D eigenvalue weighted by molar-refractivity contribution is 5.92. The van der Waals surface area contributed by atoms with E-state index in [-0.39, 0.29) is 11.7 Å². The Morgan fingerprint density at radius 2 is 1.76 bits per heavy atom. The third kappa shape index (κ3) is 3.47. The zero-order valence-corrected chi connectivity index (χ0v) is 15.8. The van der Waals surface area contributed by atoms with Crippen molar-refractivity contribution in [1.82, 2.24) is 15.0 Å². The molecule has 1 saturated heterocycles. The average Bonchev–Trinajstić information content (AvgIpc) is 3.35. The number of rotatable bonds is 3. The van der Waals surface area contributed by atoms with Gasteiger partial charge >= 0.3 is 0 Å². The molecule has 2 aromatic heterocycles. The first-order chi connectivity index (χ1) is 14.3. The smallest absolute Gasteiger partial charge is 0.298 e. The summed E-state index contributed by atoms with van der Waals surface area (Å²) in [6, 6.07) is 19.7. The van der Waals surface area contributed by atoms with Gasteiger partial charge in [0, 0.05) is 37.8 Å². The quantitative estimate of drug-likeness (QED) is 0.531. The zero-order chi connectivity index (χ0) is 19.6. The fourth-order valence-electron chi connectivity index (χ4n) is 3.58. The maximum absolute atomic E-state index is 12.9. The number of para-hydroxylation sites is 2. The molecule has 2 aromatic carbocycles. The lowest BCUT2D eigenvalue weighted by Crippen LogP contribution is -2.35. The van der Waals surface area contributed by atoms with E-state index in [9.17, 15) is 4.79 Å². The van der Waals surface area contributed by atoms with Gasteiger partial charge in [-0.3, -0.25) is 4.79 Å². The molecule has 0 saturated carbocycles. The molecule has 29 heavy (non-hydrogen) atoms. The van der Waals surface area contributed by atoms with Crippen LogP contribution in [0.5, 0.6) is 0 Å². The predicted octanol–water partition coefficient (Wildman–Crippen LogP) is 3.84. The van der Waals surface area contributed by atoms with E-state index in [1.54, 1.807) is 11.0 Å². The molecule has 4 aromatic rings. The minimum Gasteiger partial charge on any atom is -0.423 e. The standard InChI is InChI=1S/C22H20N4O3/c27-21(20-15-18(24-29-20)16-7-2-1-3-8-16)25-11-6-12-26(14-13-25)22-23-17-9-4-5-10-19(17)28-22/h1-5,7-10,15H,6,11-14H2. The van der Waals surface area contributed by atoms with Crippen LogP contribution in [0.15, 0.2) is 69.6 Å². The van der Waals surface area contributed by atoms with Gasteiger partial charge in [0.2, 0.25) is 5.76 Å². The van der Waals surface area contributed by atoms with Crippen LogP contribution >= 0.6 is 0 Å². The van der Waals surface area contributed by atoms with Crippen LogP contribution in [0.4, 0.5) is 6.01 Å². The van der Waals surface area contributed by atoms with Gasteiger partial charge in [-0.15, -0.1) is 0 Å². The summed E-state index contributed by atoms with van der Waals surface area (Å²) >= 11 is 0. The molecule has 1 amide bonds. The zero-order valence-electron chi connectivity index (χ0n) is 15.8. The Morgan fingerprint density at radius 1 is 0.931 bits per heavy atom. The number of carbonyl (C=O) groups excluding carboxylic acids is 1. The number of fused-ring (bicyclic) bond motifs is 1. The molecule has 5 rings (SSSR count). The molecule has 1 aliphatic rings. The molecule has 0 N–H and O–H groups in total. The highest BCUT2D eigenvalue weighted by atomic mass is 16.5. The number of anilines is 1. The summed E-state index contributed by atoms with van der Waals surface area (Å²) in [7, 11) is 0. The van der Waals surface area contributed by atoms with Crippen molar-refractivity contribution in [2.24, 2.45) is 0 Å². The van der Waals surface area contributed by atoms with E-state index in [4.69, 9.17) is 8.94 Å². The van der Waals surface area contributed by atoms with E-state index >= 15 is 0 Å². The summed E-state index contributed by atoms with van der Waals surface area (Å²) in [5.74, 6) is 0.123. The van der Waals surface area contributed by atoms with Crippen LogP contribution in [-0.2, 0) is 0 Å². The fourth-order valence-corrected chi connectivity index (χ4v) is 3.58. The van der Waals surface area contributed by atoms with Crippen LogP contribution in [0.25, 0.3) is 22.4 Å². The van der Waals surface area contributed by atoms with Gasteiger partial charge in [0.25, 0.3) is 11.9 Å². The Balaban J connectivity index is 1.29. The Bertz CT molecular complexity index is 1100. The van der Waals surface area contributed by atoms with Gasteiger partial charge in [-0.2, -0.15) is 4.98 Å². The average molecular weight is 388 g/mol. The maximum Gasteiger partial charge on any atom is 0.298 e. The van der Waals surface area contributed by atoms with Crippen molar-refractivity contribution in [3.05, 3.63) is 66.4 Å². The summed E-state index contributed by atoms with van der Waals surface area (Å²) in [5.41, 5.74) is 3.20. The van der Waals surface area contributed by atoms with E-state index in [2.05, 4.69) is 15.0 Å². The van der Waals surface area contributed by atoms with Crippen molar-refractivity contribution in [2.45, 2.75) is 6.42 Å². The number of aromatic nitrogens is 2. The van der Waals surface area contributed by atoms with Crippen LogP contribution in [-0.4, -0.2) is 47.1 Å². The van der Waals surface area contributed by atoms with Crippen molar-refractivity contribution in [1.29, 1.82) is 0 Å². The number of nitrogens with zero attached hydrogens (tertiary/aromatic N) is 4. The van der Waals surface area contributed by atoms with Crippen molar-refractivity contribution in [3.8, 4) is 11.3 Å². The van der Waals surface area contributed by atoms with E-state index in [0.717, 1.165) is 29.6 Å². The minimum atomic E-state index is -0.140. The first-order valence-electron chi connectivity index (χ1n) is 9.70. The lowest BCUT2D eigenvalue weighted by atomic mass is 10.1. The van der Waals surface area contributed by atoms with Gasteiger partial charge in [-0.05, 0) is 18.6 Å². The second kappa shape index (κ2) is 7.43. The molecule has 7 heteroatoms. The number of hydrogen-bond acceptors (Lipinski definition) is 6. The third-order valence-corrected chi connectivity index (χ3v) is 5.13. The topological polar surface area (TPSA) is 75.6 Å². The molecule has 0 bridgehead atoms. The first-order valence-corrected chi connectivity index (χ1v) is 9.70. The molecule has 0 spiro atoms. The molecule has 146 valence electrons. The van der Waals surface area contributed by atoms with Crippen LogP contribution in [0.3, 0.4) is 0 Å². The van der Waals surface area contributed by atoms with E-state index in [0.29, 0.717) is 31.3 Å². The van der Waals surface area contributed by atoms with Gasteiger partial charge in [0.1, 0.15) is 11.2 Å². The van der Waals surface area contributed by atoms with Gasteiger partial charge in [-0.1, -0.05) is 47.6 Å². The lowest BCUT2D eigenvalue weighted by Gasteiger charge is -2.19. The second-order valence-electron chi connectivity index (χ2n) is 7.04. The van der Waals surface area contributed by atoms with Gasteiger partial charge in [0.15, 0.2) is 5.58 Å². The highest BCUT2D eigenvalue weighted by Crippen LogP contribution is 2.24. The lowest BCUT2D eigenvalue weighted by molar-refractivity contribution is 0.0725. The Labute approximate surface area is 167 Å². The van der Waals surface area contributed by atoms with Crippen LogP contribution in [0.1, 0.15) is 17.0 Å². The second-order valence-corrected chi connectivity index (χ2v) is 7.04. The monoisotopic (exact) mass is 388 g/mol. The number of hydrogen-bond donors (Lipinski definition) is 0. The highest BCUT2D eigenvalue weighted by Gasteiger charge is 2.25. The number of carbonyl (C=O) groups is 1. The summed E-state index contributed by atoms with van der Waals surface area (Å²) in [4.78, 5) is 21.4. The fraction of sp³-hybridized carbons (Fsp3) is 0.227. The third-order valence-electron chi connectivity index (χ3n) is 5.13. The predicted molar refractivity (Wildman–Crippen MR) is 109 cm³/mol. The maximum atomic E-state index is 12.9. The molecule has 0 radical (unpaired) electrons. The van der Waals surface area contributed by atoms with Gasteiger partial charge in [-0.25, -0.2) is 0 Å². The molecule has 1 fully saturated rings. The number of benzene rings is 2. The molecule has 7 nitrogen and oxygen atoms in total. The largest absolute Gasteiger partial charge is 0.423 e. The molecule has 3 heterocycles. The van der Waals surface area contributed by atoms with Crippen molar-refractivity contribution in [3.63, 3.8) is 0 Å². The van der Waals surface area contributed by atoms with Crippen LogP contribution in [0, 0.1) is 0 Å². The van der Waals surface area contributed by atoms with Gasteiger partial charge in [0.05, 0.1) is 0 Å². The normalized spacial score (nSPS) is 14.9. The van der Waals surface area contributed by atoms with Crippen molar-refractivity contribution < 1.29 is 13.7 Å².